The first-order valence-corrected chi connectivity index (χ1v) is 12.1. The van der Waals surface area contributed by atoms with Gasteiger partial charge in [-0.3, -0.25) is 19.8 Å². The topological polar surface area (TPSA) is 52.7 Å². The van der Waals surface area contributed by atoms with Gasteiger partial charge in [-0.1, -0.05) is 30.7 Å². The number of carbonyl (C=O) groups is 2. The Morgan fingerprint density at radius 2 is 1.80 bits per heavy atom. The Morgan fingerprint density at radius 1 is 1.09 bits per heavy atom. The molecule has 2 aliphatic heterocycles. The van der Waals surface area contributed by atoms with Gasteiger partial charge in [0.15, 0.2) is 5.11 Å². The Labute approximate surface area is 211 Å². The molecule has 0 saturated carbocycles. The average Bonchev–Trinajstić information content (AvgIpc) is 2.75. The van der Waals surface area contributed by atoms with E-state index in [0.717, 1.165) is 40.9 Å². The van der Waals surface area contributed by atoms with Gasteiger partial charge in [0.2, 0.25) is 0 Å². The van der Waals surface area contributed by atoms with Gasteiger partial charge in [0.05, 0.1) is 11.2 Å². The summed E-state index contributed by atoms with van der Waals surface area (Å²) in [5, 5.41) is 2.59. The zero-order chi connectivity index (χ0) is 25.7. The smallest absolute Gasteiger partial charge is 0.270 e. The van der Waals surface area contributed by atoms with E-state index in [9.17, 15) is 9.59 Å². The summed E-state index contributed by atoms with van der Waals surface area (Å²) in [6.07, 6.45) is 4.41. The third kappa shape index (κ3) is 4.41. The van der Waals surface area contributed by atoms with Gasteiger partial charge in [0.25, 0.3) is 11.8 Å². The normalized spacial score (nSPS) is 18.5. The van der Waals surface area contributed by atoms with Crippen molar-refractivity contribution >= 4 is 52.2 Å². The third-order valence-corrected chi connectivity index (χ3v) is 6.82. The van der Waals surface area contributed by atoms with Crippen LogP contribution >= 0.6 is 12.2 Å². The monoisotopic (exact) mass is 491 g/mol. The Balaban J connectivity index is 1.80. The number of nitrogens with one attached hydrogen (secondary N) is 1. The Hall–Kier alpha value is -3.32. The van der Waals surface area contributed by atoms with Crippen molar-refractivity contribution in [3.05, 3.63) is 70.1 Å². The second kappa shape index (κ2) is 9.04. The van der Waals surface area contributed by atoms with Crippen LogP contribution in [0.1, 0.15) is 56.4 Å². The number of benzene rings is 2. The molecule has 0 aromatic heterocycles. The summed E-state index contributed by atoms with van der Waals surface area (Å²) in [4.78, 5) is 29.7. The fourth-order valence-electron chi connectivity index (χ4n) is 4.95. The highest BCUT2D eigenvalue weighted by Gasteiger charge is 2.36. The van der Waals surface area contributed by atoms with E-state index in [1.165, 1.54) is 17.0 Å². The van der Waals surface area contributed by atoms with Crippen LogP contribution in [-0.2, 0) is 9.59 Å². The minimum absolute atomic E-state index is 0.00577. The Kier molecular flexibility index (Phi) is 6.40. The molecule has 7 heteroatoms. The fraction of sp³-hybridized carbons (Fsp3) is 0.321. The molecule has 5 nitrogen and oxygen atoms in total. The Morgan fingerprint density at radius 3 is 2.46 bits per heavy atom. The first kappa shape index (κ1) is 24.8. The predicted molar refractivity (Wildman–Crippen MR) is 144 cm³/mol. The second-order valence-electron chi connectivity index (χ2n) is 9.77. The number of fused-ring (bicyclic) bond motifs is 1. The first-order chi connectivity index (χ1) is 16.4. The number of carbonyl (C=O) groups excluding carboxylic acids is 2. The SMILES string of the molecule is CCCN1c2cc(F)c(/C=C3/C(=O)NC(=S)N(c4ccc(C)cc4C)C3=O)cc2C(C)=CC1(C)C. The number of amides is 2. The lowest BCUT2D eigenvalue weighted by Gasteiger charge is -2.43. The molecular formula is C28H30FN3O2S. The van der Waals surface area contributed by atoms with Crippen LogP contribution in [0.15, 0.2) is 42.0 Å². The zero-order valence-electron chi connectivity index (χ0n) is 21.0. The number of aryl methyl sites for hydroxylation is 2. The number of hydrogen-bond acceptors (Lipinski definition) is 4. The highest BCUT2D eigenvalue weighted by Crippen LogP contribution is 2.40. The highest BCUT2D eigenvalue weighted by atomic mass is 32.1. The number of rotatable bonds is 4. The molecule has 0 atom stereocenters. The van der Waals surface area contributed by atoms with Gasteiger partial charge in [-0.05, 0) is 88.7 Å². The Bertz CT molecular complexity index is 1330. The maximum absolute atomic E-state index is 15.4. The molecule has 0 bridgehead atoms. The summed E-state index contributed by atoms with van der Waals surface area (Å²) in [7, 11) is 0. The lowest BCUT2D eigenvalue weighted by Crippen LogP contribution is -2.54. The fourth-order valence-corrected chi connectivity index (χ4v) is 5.22. The molecule has 0 unspecified atom stereocenters. The number of halogens is 1. The standard InChI is InChI=1S/C28H30FN3O2S/c1-7-10-31-24-14-22(29)19(12-20(24)18(4)15-28(31,5)6)13-21-25(33)30-27(35)32(26(21)34)23-9-8-16(2)11-17(23)3/h8-9,11-15H,7,10H2,1-6H3,(H,30,33,35)/b21-13-. The van der Waals surface area contributed by atoms with Gasteiger partial charge in [-0.15, -0.1) is 0 Å². The van der Waals surface area contributed by atoms with Gasteiger partial charge in [0, 0.05) is 23.4 Å². The van der Waals surface area contributed by atoms with Crippen LogP contribution in [0, 0.1) is 19.7 Å². The van der Waals surface area contributed by atoms with Crippen molar-refractivity contribution in [1.82, 2.24) is 5.32 Å². The van der Waals surface area contributed by atoms with Crippen LogP contribution in [0.4, 0.5) is 15.8 Å². The minimum Gasteiger partial charge on any atom is -0.362 e. The van der Waals surface area contributed by atoms with Crippen molar-refractivity contribution in [2.45, 2.75) is 53.5 Å². The zero-order valence-corrected chi connectivity index (χ0v) is 21.8. The molecule has 2 amide bonds. The lowest BCUT2D eigenvalue weighted by atomic mass is 9.87. The summed E-state index contributed by atoms with van der Waals surface area (Å²) in [5.41, 5.74) is 4.96. The molecule has 0 spiro atoms. The van der Waals surface area contributed by atoms with Crippen molar-refractivity contribution < 1.29 is 14.0 Å². The van der Waals surface area contributed by atoms with Crippen LogP contribution in [0.2, 0.25) is 0 Å². The number of thiocarbonyl (C=S) groups is 1. The average molecular weight is 492 g/mol. The predicted octanol–water partition coefficient (Wildman–Crippen LogP) is 5.69. The summed E-state index contributed by atoms with van der Waals surface area (Å²) in [5.74, 6) is -1.71. The van der Waals surface area contributed by atoms with Crippen LogP contribution in [-0.4, -0.2) is 29.0 Å². The van der Waals surface area contributed by atoms with E-state index in [4.69, 9.17) is 12.2 Å². The van der Waals surface area contributed by atoms with Crippen LogP contribution in [0.25, 0.3) is 11.6 Å². The van der Waals surface area contributed by atoms with Gasteiger partial charge in [0.1, 0.15) is 11.4 Å². The van der Waals surface area contributed by atoms with Crippen molar-refractivity contribution in [3.8, 4) is 0 Å². The minimum atomic E-state index is -0.640. The van der Waals surface area contributed by atoms with Gasteiger partial charge in [-0.25, -0.2) is 4.39 Å². The summed E-state index contributed by atoms with van der Waals surface area (Å²) in [6.45, 7) is 12.9. The summed E-state index contributed by atoms with van der Waals surface area (Å²) in [6, 6.07) is 8.83. The molecule has 182 valence electrons. The molecule has 1 N–H and O–H groups in total. The first-order valence-electron chi connectivity index (χ1n) is 11.7. The molecule has 2 aromatic carbocycles. The lowest BCUT2D eigenvalue weighted by molar-refractivity contribution is -0.122. The molecular weight excluding hydrogens is 461 g/mol. The van der Waals surface area contributed by atoms with Crippen molar-refractivity contribution in [2.75, 3.05) is 16.3 Å². The molecule has 0 radical (unpaired) electrons. The second-order valence-corrected chi connectivity index (χ2v) is 10.2. The van der Waals surface area contributed by atoms with Crippen LogP contribution in [0.5, 0.6) is 0 Å². The largest absolute Gasteiger partial charge is 0.362 e. The molecule has 4 rings (SSSR count). The van der Waals surface area contributed by atoms with Gasteiger partial charge >= 0.3 is 0 Å². The van der Waals surface area contributed by atoms with E-state index < -0.39 is 17.6 Å². The quantitative estimate of drug-likeness (QED) is 0.339. The molecule has 0 aliphatic carbocycles. The third-order valence-electron chi connectivity index (χ3n) is 6.54. The maximum atomic E-state index is 15.4. The van der Waals surface area contributed by atoms with E-state index >= 15 is 4.39 Å². The number of allylic oxidation sites excluding steroid dienone is 1. The molecule has 2 aliphatic rings. The number of anilines is 2. The van der Waals surface area contributed by atoms with E-state index in [-0.39, 0.29) is 21.8 Å². The van der Waals surface area contributed by atoms with Gasteiger partial charge in [-0.2, -0.15) is 0 Å². The van der Waals surface area contributed by atoms with Crippen molar-refractivity contribution in [2.24, 2.45) is 0 Å². The summed E-state index contributed by atoms with van der Waals surface area (Å²) >= 11 is 5.31. The van der Waals surface area contributed by atoms with Crippen LogP contribution in [0.3, 0.4) is 0 Å². The van der Waals surface area contributed by atoms with E-state index in [0.29, 0.717) is 5.69 Å². The van der Waals surface area contributed by atoms with Gasteiger partial charge < -0.3 is 4.90 Å². The maximum Gasteiger partial charge on any atom is 0.270 e. The number of nitrogens with zero attached hydrogens (tertiary/aromatic N) is 2. The highest BCUT2D eigenvalue weighted by molar-refractivity contribution is 7.80. The molecule has 2 heterocycles. The van der Waals surface area contributed by atoms with E-state index in [1.807, 2.05) is 32.9 Å². The molecule has 1 fully saturated rings. The molecule has 2 aromatic rings. The van der Waals surface area contributed by atoms with Crippen molar-refractivity contribution in [3.63, 3.8) is 0 Å². The van der Waals surface area contributed by atoms with E-state index in [1.54, 1.807) is 12.1 Å². The number of hydrogen-bond donors (Lipinski definition) is 1. The van der Waals surface area contributed by atoms with Crippen molar-refractivity contribution in [1.29, 1.82) is 0 Å². The van der Waals surface area contributed by atoms with Crippen LogP contribution < -0.4 is 15.1 Å². The van der Waals surface area contributed by atoms with E-state index in [2.05, 4.69) is 37.1 Å². The molecule has 35 heavy (non-hydrogen) atoms. The molecule has 1 saturated heterocycles. The summed E-state index contributed by atoms with van der Waals surface area (Å²) < 4.78 is 15.4.